The molecule has 0 aliphatic heterocycles. The predicted octanol–water partition coefficient (Wildman–Crippen LogP) is 4.27. The number of halogens is 3. The molecule has 5 heteroatoms. The van der Waals surface area contributed by atoms with Crippen LogP contribution in [0.2, 0.25) is 0 Å². The molecule has 19 heavy (non-hydrogen) atoms. The molecule has 0 aromatic heterocycles. The van der Waals surface area contributed by atoms with Crippen molar-refractivity contribution in [2.24, 2.45) is 5.73 Å². The van der Waals surface area contributed by atoms with Crippen LogP contribution in [0.1, 0.15) is 18.5 Å². The lowest BCUT2D eigenvalue weighted by molar-refractivity contribution is 0.565. The predicted molar refractivity (Wildman–Crippen MR) is 69.5 cm³/mol. The van der Waals surface area contributed by atoms with E-state index in [0.717, 1.165) is 23.9 Å². The van der Waals surface area contributed by atoms with Crippen molar-refractivity contribution < 1.29 is 13.2 Å². The fraction of sp³-hybridized carbons (Fsp3) is 0.143. The Morgan fingerprint density at radius 1 is 0.947 bits per heavy atom. The van der Waals surface area contributed by atoms with Crippen molar-refractivity contribution in [1.29, 1.82) is 0 Å². The minimum atomic E-state index is -0.708. The van der Waals surface area contributed by atoms with E-state index in [4.69, 9.17) is 5.73 Å². The van der Waals surface area contributed by atoms with Crippen LogP contribution in [0.3, 0.4) is 0 Å². The molecule has 2 aromatic rings. The van der Waals surface area contributed by atoms with E-state index in [0.29, 0.717) is 5.56 Å². The van der Waals surface area contributed by atoms with Gasteiger partial charge < -0.3 is 5.73 Å². The number of hydrogen-bond donors (Lipinski definition) is 1. The first-order valence-electron chi connectivity index (χ1n) is 5.65. The SMILES string of the molecule is C[C@H](N)c1ccc(Sc2ccc(F)cc2F)c(F)c1. The summed E-state index contributed by atoms with van der Waals surface area (Å²) < 4.78 is 40.1. The lowest BCUT2D eigenvalue weighted by atomic mass is 10.1. The normalized spacial score (nSPS) is 12.5. The standard InChI is InChI=1S/C14H12F3NS/c1-8(18)9-2-4-13(11(16)6-9)19-14-5-3-10(15)7-12(14)17/h2-8H,18H2,1H3/t8-/m0/s1. The van der Waals surface area contributed by atoms with Crippen LogP contribution in [0.15, 0.2) is 46.2 Å². The van der Waals surface area contributed by atoms with Crippen LogP contribution in [0.4, 0.5) is 13.2 Å². The fourth-order valence-electron chi connectivity index (χ4n) is 1.56. The van der Waals surface area contributed by atoms with Gasteiger partial charge in [-0.3, -0.25) is 0 Å². The zero-order valence-electron chi connectivity index (χ0n) is 10.2. The van der Waals surface area contributed by atoms with Gasteiger partial charge in [-0.1, -0.05) is 17.8 Å². The third kappa shape index (κ3) is 3.30. The van der Waals surface area contributed by atoms with Crippen LogP contribution in [-0.4, -0.2) is 0 Å². The Labute approximate surface area is 113 Å². The molecule has 0 saturated carbocycles. The van der Waals surface area contributed by atoms with Gasteiger partial charge in [0.15, 0.2) is 0 Å². The summed E-state index contributed by atoms with van der Waals surface area (Å²) in [6.07, 6.45) is 0. The van der Waals surface area contributed by atoms with Crippen LogP contribution >= 0.6 is 11.8 Å². The number of nitrogens with two attached hydrogens (primary N) is 1. The number of hydrogen-bond acceptors (Lipinski definition) is 2. The second-order valence-electron chi connectivity index (χ2n) is 4.16. The fourth-order valence-corrected chi connectivity index (χ4v) is 2.38. The molecule has 100 valence electrons. The number of rotatable bonds is 3. The number of benzene rings is 2. The molecule has 0 unspecified atom stereocenters. The summed E-state index contributed by atoms with van der Waals surface area (Å²) >= 11 is 0.912. The molecule has 1 atom stereocenters. The molecule has 0 aliphatic carbocycles. The molecular weight excluding hydrogens is 271 g/mol. The Bertz CT molecular complexity index is 599. The van der Waals surface area contributed by atoms with Gasteiger partial charge in [0.1, 0.15) is 17.5 Å². The summed E-state index contributed by atoms with van der Waals surface area (Å²) in [6.45, 7) is 1.75. The third-order valence-corrected chi connectivity index (χ3v) is 3.70. The highest BCUT2D eigenvalue weighted by molar-refractivity contribution is 7.99. The Hall–Kier alpha value is -1.46. The first-order valence-corrected chi connectivity index (χ1v) is 6.47. The van der Waals surface area contributed by atoms with E-state index in [9.17, 15) is 13.2 Å². The molecule has 0 radical (unpaired) electrons. The Kier molecular flexibility index (Phi) is 4.17. The minimum Gasteiger partial charge on any atom is -0.324 e. The van der Waals surface area contributed by atoms with Crippen molar-refractivity contribution in [3.63, 3.8) is 0 Å². The van der Waals surface area contributed by atoms with Gasteiger partial charge in [0.25, 0.3) is 0 Å². The molecule has 0 heterocycles. The molecular formula is C14H12F3NS. The average Bonchev–Trinajstić information content (AvgIpc) is 2.34. The van der Waals surface area contributed by atoms with Gasteiger partial charge in [0.2, 0.25) is 0 Å². The highest BCUT2D eigenvalue weighted by Gasteiger charge is 2.11. The zero-order valence-corrected chi connectivity index (χ0v) is 11.0. The molecule has 2 N–H and O–H groups in total. The van der Waals surface area contributed by atoms with Gasteiger partial charge in [-0.15, -0.1) is 0 Å². The monoisotopic (exact) mass is 283 g/mol. The lowest BCUT2D eigenvalue weighted by Crippen LogP contribution is -2.05. The molecule has 0 fully saturated rings. The van der Waals surface area contributed by atoms with E-state index in [2.05, 4.69) is 0 Å². The van der Waals surface area contributed by atoms with E-state index >= 15 is 0 Å². The summed E-state index contributed by atoms with van der Waals surface area (Å²) in [6, 6.07) is 7.49. The molecule has 0 saturated heterocycles. The van der Waals surface area contributed by atoms with Crippen LogP contribution in [0, 0.1) is 17.5 Å². The van der Waals surface area contributed by atoms with Crippen molar-refractivity contribution in [3.8, 4) is 0 Å². The highest BCUT2D eigenvalue weighted by Crippen LogP contribution is 2.32. The van der Waals surface area contributed by atoms with E-state index in [1.165, 1.54) is 12.1 Å². The van der Waals surface area contributed by atoms with Crippen LogP contribution in [0.25, 0.3) is 0 Å². The quantitative estimate of drug-likeness (QED) is 0.910. The molecule has 0 spiro atoms. The van der Waals surface area contributed by atoms with Crippen LogP contribution in [0.5, 0.6) is 0 Å². The highest BCUT2D eigenvalue weighted by atomic mass is 32.2. The van der Waals surface area contributed by atoms with Gasteiger partial charge in [0, 0.05) is 21.9 Å². The molecule has 0 amide bonds. The molecule has 0 bridgehead atoms. The third-order valence-electron chi connectivity index (χ3n) is 2.60. The zero-order chi connectivity index (χ0) is 14.0. The minimum absolute atomic E-state index is 0.175. The van der Waals surface area contributed by atoms with Crippen molar-refractivity contribution >= 4 is 11.8 Å². The maximum absolute atomic E-state index is 13.8. The average molecular weight is 283 g/mol. The Balaban J connectivity index is 2.28. The summed E-state index contributed by atoms with van der Waals surface area (Å²) in [5.41, 5.74) is 6.32. The molecule has 2 aromatic carbocycles. The van der Waals surface area contributed by atoms with Crippen molar-refractivity contribution in [2.45, 2.75) is 22.8 Å². The molecule has 0 aliphatic rings. The molecule has 2 rings (SSSR count). The smallest absolute Gasteiger partial charge is 0.140 e. The van der Waals surface area contributed by atoms with E-state index in [-0.39, 0.29) is 15.8 Å². The van der Waals surface area contributed by atoms with Crippen LogP contribution in [-0.2, 0) is 0 Å². The Morgan fingerprint density at radius 2 is 1.53 bits per heavy atom. The lowest BCUT2D eigenvalue weighted by Gasteiger charge is -2.09. The second kappa shape index (κ2) is 5.67. The first-order chi connectivity index (χ1) is 8.97. The summed E-state index contributed by atoms with van der Waals surface area (Å²) in [7, 11) is 0. The summed E-state index contributed by atoms with van der Waals surface area (Å²) in [5.74, 6) is -1.83. The van der Waals surface area contributed by atoms with Gasteiger partial charge in [-0.25, -0.2) is 13.2 Å². The molecule has 1 nitrogen and oxygen atoms in total. The Morgan fingerprint density at radius 3 is 2.05 bits per heavy atom. The van der Waals surface area contributed by atoms with E-state index in [1.807, 2.05) is 0 Å². The largest absolute Gasteiger partial charge is 0.324 e. The van der Waals surface area contributed by atoms with Gasteiger partial charge >= 0.3 is 0 Å². The maximum atomic E-state index is 13.8. The second-order valence-corrected chi connectivity index (χ2v) is 5.24. The van der Waals surface area contributed by atoms with Gasteiger partial charge in [-0.05, 0) is 36.8 Å². The summed E-state index contributed by atoms with van der Waals surface area (Å²) in [5, 5.41) is 0. The topological polar surface area (TPSA) is 26.0 Å². The maximum Gasteiger partial charge on any atom is 0.140 e. The first kappa shape index (κ1) is 14.0. The van der Waals surface area contributed by atoms with Crippen molar-refractivity contribution in [1.82, 2.24) is 0 Å². The van der Waals surface area contributed by atoms with Crippen molar-refractivity contribution in [3.05, 3.63) is 59.4 Å². The van der Waals surface area contributed by atoms with E-state index in [1.54, 1.807) is 19.1 Å². The van der Waals surface area contributed by atoms with E-state index < -0.39 is 17.5 Å². The van der Waals surface area contributed by atoms with Gasteiger partial charge in [0.05, 0.1) is 0 Å². The van der Waals surface area contributed by atoms with Gasteiger partial charge in [-0.2, -0.15) is 0 Å². The van der Waals surface area contributed by atoms with Crippen molar-refractivity contribution in [2.75, 3.05) is 0 Å². The van der Waals surface area contributed by atoms with Crippen LogP contribution < -0.4 is 5.73 Å². The summed E-state index contributed by atoms with van der Waals surface area (Å²) in [4.78, 5) is 0.448.